The Balaban J connectivity index is 0.000000396. The average molecular weight is 180 g/mol. The average Bonchev–Trinajstić information content (AvgIpc) is 2.48. The van der Waals surface area contributed by atoms with Crippen LogP contribution in [0.4, 0.5) is 4.39 Å². The van der Waals surface area contributed by atoms with Crippen molar-refractivity contribution in [2.45, 2.75) is 20.8 Å². The largest absolute Gasteiger partial charge is 0.344 e. The smallest absolute Gasteiger partial charge is 0.142 e. The van der Waals surface area contributed by atoms with Crippen LogP contribution in [0.25, 0.3) is 11.0 Å². The van der Waals surface area contributed by atoms with Gasteiger partial charge in [0.15, 0.2) is 0 Å². The van der Waals surface area contributed by atoms with Crippen LogP contribution >= 0.6 is 0 Å². The van der Waals surface area contributed by atoms with E-state index in [1.54, 1.807) is 0 Å². The number of nitrogens with one attached hydrogen (secondary N) is 1. The maximum atomic E-state index is 12.6. The molecule has 0 amide bonds. The van der Waals surface area contributed by atoms with Gasteiger partial charge in [-0.1, -0.05) is 13.8 Å². The lowest BCUT2D eigenvalue weighted by Gasteiger charge is -1.86. The lowest BCUT2D eigenvalue weighted by molar-refractivity contribution is 0.624. The second-order valence-electron chi connectivity index (χ2n) is 2.54. The molecule has 3 heteroatoms. The number of halogens is 1. The van der Waals surface area contributed by atoms with Crippen molar-refractivity contribution in [3.63, 3.8) is 0 Å². The maximum Gasteiger partial charge on any atom is 0.142 e. The fraction of sp³-hybridized carbons (Fsp3) is 0.300. The van der Waals surface area contributed by atoms with E-state index in [0.29, 0.717) is 0 Å². The standard InChI is InChI=1S/C8H7FN2.C2H6/c1-5-2-6-3-7(9)4-10-8(6)11-5;1-2/h2-4H,1H3,(H,10,11);1-2H3. The summed E-state index contributed by atoms with van der Waals surface area (Å²) in [7, 11) is 0. The van der Waals surface area contributed by atoms with E-state index in [1.165, 1.54) is 12.3 Å². The molecule has 0 saturated carbocycles. The molecule has 0 radical (unpaired) electrons. The minimum atomic E-state index is -0.295. The number of aromatic nitrogens is 2. The lowest BCUT2D eigenvalue weighted by atomic mass is 10.3. The summed E-state index contributed by atoms with van der Waals surface area (Å²) in [5, 5.41) is 0.822. The second-order valence-corrected chi connectivity index (χ2v) is 2.54. The topological polar surface area (TPSA) is 28.7 Å². The van der Waals surface area contributed by atoms with Gasteiger partial charge in [-0.15, -0.1) is 0 Å². The Morgan fingerprint density at radius 2 is 2.00 bits per heavy atom. The molecule has 0 saturated heterocycles. The van der Waals surface area contributed by atoms with Crippen molar-refractivity contribution in [1.29, 1.82) is 0 Å². The first-order valence-corrected chi connectivity index (χ1v) is 4.36. The molecular formula is C10H13FN2. The van der Waals surface area contributed by atoms with Crippen LogP contribution in [0, 0.1) is 12.7 Å². The van der Waals surface area contributed by atoms with Crippen LogP contribution in [0.1, 0.15) is 19.5 Å². The Morgan fingerprint density at radius 3 is 2.69 bits per heavy atom. The molecule has 0 atom stereocenters. The predicted octanol–water partition coefficient (Wildman–Crippen LogP) is 3.04. The van der Waals surface area contributed by atoms with Crippen LogP contribution in [-0.4, -0.2) is 9.97 Å². The zero-order chi connectivity index (χ0) is 9.84. The number of H-pyrrole nitrogens is 1. The number of hydrogen-bond donors (Lipinski definition) is 1. The molecule has 0 aliphatic rings. The predicted molar refractivity (Wildman–Crippen MR) is 52.1 cm³/mol. The molecule has 2 rings (SSSR count). The second kappa shape index (κ2) is 4.03. The highest BCUT2D eigenvalue weighted by atomic mass is 19.1. The zero-order valence-electron chi connectivity index (χ0n) is 8.06. The summed E-state index contributed by atoms with van der Waals surface area (Å²) in [5.74, 6) is -0.295. The quantitative estimate of drug-likeness (QED) is 0.663. The third-order valence-electron chi connectivity index (χ3n) is 1.57. The molecule has 0 spiro atoms. The molecule has 2 aromatic rings. The van der Waals surface area contributed by atoms with Gasteiger partial charge in [-0.2, -0.15) is 0 Å². The van der Waals surface area contributed by atoms with E-state index < -0.39 is 0 Å². The summed E-state index contributed by atoms with van der Waals surface area (Å²) in [6, 6.07) is 3.33. The van der Waals surface area contributed by atoms with E-state index in [0.717, 1.165) is 16.7 Å². The van der Waals surface area contributed by atoms with Crippen LogP contribution in [-0.2, 0) is 0 Å². The first-order chi connectivity index (χ1) is 6.25. The molecule has 70 valence electrons. The van der Waals surface area contributed by atoms with Crippen LogP contribution in [0.15, 0.2) is 18.3 Å². The minimum Gasteiger partial charge on any atom is -0.344 e. The SMILES string of the molecule is CC.Cc1cc2cc(F)cnc2[nH]1. The normalized spacial score (nSPS) is 9.54. The van der Waals surface area contributed by atoms with E-state index in [4.69, 9.17) is 0 Å². The summed E-state index contributed by atoms with van der Waals surface area (Å²) in [4.78, 5) is 6.88. The first-order valence-electron chi connectivity index (χ1n) is 4.36. The third kappa shape index (κ3) is 2.05. The van der Waals surface area contributed by atoms with Crippen LogP contribution in [0.3, 0.4) is 0 Å². The van der Waals surface area contributed by atoms with Crippen molar-refractivity contribution in [1.82, 2.24) is 9.97 Å². The molecule has 0 aliphatic heterocycles. The molecular weight excluding hydrogens is 167 g/mol. The third-order valence-corrected chi connectivity index (χ3v) is 1.57. The summed E-state index contributed by atoms with van der Waals surface area (Å²) in [6.45, 7) is 5.92. The summed E-state index contributed by atoms with van der Waals surface area (Å²) >= 11 is 0. The van der Waals surface area contributed by atoms with E-state index in [2.05, 4.69) is 9.97 Å². The number of fused-ring (bicyclic) bond motifs is 1. The molecule has 0 fully saturated rings. The molecule has 0 unspecified atom stereocenters. The summed E-state index contributed by atoms with van der Waals surface area (Å²) in [6.07, 6.45) is 1.21. The van der Waals surface area contributed by atoms with E-state index in [9.17, 15) is 4.39 Å². The Hall–Kier alpha value is -1.38. The highest BCUT2D eigenvalue weighted by Gasteiger charge is 1.98. The Bertz CT molecular complexity index is 393. The van der Waals surface area contributed by atoms with Gasteiger partial charge >= 0.3 is 0 Å². The molecule has 2 aromatic heterocycles. The molecule has 0 aromatic carbocycles. The summed E-state index contributed by atoms with van der Waals surface area (Å²) in [5.41, 5.74) is 1.74. The van der Waals surface area contributed by atoms with Crippen LogP contribution in [0.2, 0.25) is 0 Å². The fourth-order valence-electron chi connectivity index (χ4n) is 1.13. The zero-order valence-corrected chi connectivity index (χ0v) is 8.06. The van der Waals surface area contributed by atoms with Crippen molar-refractivity contribution >= 4 is 11.0 Å². The van der Waals surface area contributed by atoms with E-state index in [-0.39, 0.29) is 5.82 Å². The Morgan fingerprint density at radius 1 is 1.31 bits per heavy atom. The number of aryl methyl sites for hydroxylation is 1. The van der Waals surface area contributed by atoms with Gasteiger partial charge in [0, 0.05) is 11.1 Å². The molecule has 0 aliphatic carbocycles. The van der Waals surface area contributed by atoms with E-state index in [1.807, 2.05) is 26.8 Å². The van der Waals surface area contributed by atoms with Gasteiger partial charge in [0.05, 0.1) is 6.20 Å². The summed E-state index contributed by atoms with van der Waals surface area (Å²) < 4.78 is 12.6. The van der Waals surface area contributed by atoms with Gasteiger partial charge in [0.2, 0.25) is 0 Å². The molecule has 13 heavy (non-hydrogen) atoms. The fourth-order valence-corrected chi connectivity index (χ4v) is 1.13. The molecule has 2 nitrogen and oxygen atoms in total. The monoisotopic (exact) mass is 180 g/mol. The van der Waals surface area contributed by atoms with Gasteiger partial charge in [0.1, 0.15) is 11.5 Å². The number of rotatable bonds is 0. The van der Waals surface area contributed by atoms with Crippen molar-refractivity contribution < 1.29 is 4.39 Å². The van der Waals surface area contributed by atoms with E-state index >= 15 is 0 Å². The van der Waals surface area contributed by atoms with Crippen LogP contribution < -0.4 is 0 Å². The number of pyridine rings is 1. The number of aromatic amines is 1. The van der Waals surface area contributed by atoms with Gasteiger partial charge in [-0.3, -0.25) is 0 Å². The Kier molecular flexibility index (Phi) is 3.01. The van der Waals surface area contributed by atoms with Crippen LogP contribution in [0.5, 0.6) is 0 Å². The minimum absolute atomic E-state index is 0.295. The number of hydrogen-bond acceptors (Lipinski definition) is 1. The first kappa shape index (κ1) is 9.71. The maximum absolute atomic E-state index is 12.6. The van der Waals surface area contributed by atoms with Gasteiger partial charge in [-0.25, -0.2) is 9.37 Å². The molecule has 2 heterocycles. The van der Waals surface area contributed by atoms with Crippen molar-refractivity contribution in [3.8, 4) is 0 Å². The highest BCUT2D eigenvalue weighted by molar-refractivity contribution is 5.76. The van der Waals surface area contributed by atoms with Crippen molar-refractivity contribution in [3.05, 3.63) is 29.8 Å². The Labute approximate surface area is 76.8 Å². The van der Waals surface area contributed by atoms with Gasteiger partial charge < -0.3 is 4.98 Å². The van der Waals surface area contributed by atoms with Crippen molar-refractivity contribution in [2.75, 3.05) is 0 Å². The van der Waals surface area contributed by atoms with Crippen molar-refractivity contribution in [2.24, 2.45) is 0 Å². The van der Waals surface area contributed by atoms with Gasteiger partial charge in [-0.05, 0) is 19.1 Å². The lowest BCUT2D eigenvalue weighted by Crippen LogP contribution is -1.78. The number of nitrogens with zero attached hydrogens (tertiary/aromatic N) is 1. The molecule has 0 bridgehead atoms. The molecule has 1 N–H and O–H groups in total. The highest BCUT2D eigenvalue weighted by Crippen LogP contribution is 2.12. The van der Waals surface area contributed by atoms with Gasteiger partial charge in [0.25, 0.3) is 0 Å².